The monoisotopic (exact) mass is 513 g/mol. The number of hydrogen-bond acceptors (Lipinski definition) is 8. The topological polar surface area (TPSA) is 94.6 Å². The van der Waals surface area contributed by atoms with Crippen LogP contribution in [-0.2, 0) is 5.75 Å². The third kappa shape index (κ3) is 4.89. The normalized spacial score (nSPS) is 11.0. The molecule has 0 aliphatic rings. The van der Waals surface area contributed by atoms with Crippen molar-refractivity contribution in [3.63, 3.8) is 0 Å². The fraction of sp³-hybridized carbons (Fsp3) is 0.0455. The summed E-state index contributed by atoms with van der Waals surface area (Å²) in [4.78, 5) is 4.23. The molecule has 5 aromatic rings. The van der Waals surface area contributed by atoms with Crippen molar-refractivity contribution in [3.8, 4) is 17.1 Å². The van der Waals surface area contributed by atoms with Crippen LogP contribution >= 0.6 is 35.0 Å². The van der Waals surface area contributed by atoms with Gasteiger partial charge in [-0.1, -0.05) is 58.4 Å². The minimum atomic E-state index is -0.532. The molecule has 5 rings (SSSR count). The Kier molecular flexibility index (Phi) is 6.43. The number of halogens is 3. The first-order valence-electron chi connectivity index (χ1n) is 9.87. The molecule has 0 aliphatic carbocycles. The van der Waals surface area contributed by atoms with Crippen LogP contribution in [0.4, 0.5) is 15.9 Å². The van der Waals surface area contributed by atoms with Gasteiger partial charge in [-0.05, 0) is 36.4 Å². The lowest BCUT2D eigenvalue weighted by Gasteiger charge is -2.09. The summed E-state index contributed by atoms with van der Waals surface area (Å²) in [6.45, 7) is 0. The molecule has 2 aromatic carbocycles. The number of rotatable bonds is 7. The Bertz CT molecular complexity index is 1440. The van der Waals surface area contributed by atoms with Crippen molar-refractivity contribution in [2.75, 3.05) is 5.32 Å². The van der Waals surface area contributed by atoms with E-state index in [0.29, 0.717) is 27.2 Å². The van der Waals surface area contributed by atoms with Crippen LogP contribution in [0.2, 0.25) is 10.0 Å². The van der Waals surface area contributed by atoms with Gasteiger partial charge >= 0.3 is 0 Å². The summed E-state index contributed by atoms with van der Waals surface area (Å²) in [6, 6.07) is 15.6. The van der Waals surface area contributed by atoms with Gasteiger partial charge in [-0.3, -0.25) is 0 Å². The number of nitrogens with zero attached hydrogens (tertiary/aromatic N) is 6. The van der Waals surface area contributed by atoms with Crippen molar-refractivity contribution in [1.82, 2.24) is 30.2 Å². The Hall–Kier alpha value is -3.47. The SMILES string of the molecule is Fc1ccnc(Nc2ccccc2)c1-c1nnc(SCc2cn(-c3cc(Cl)ccc3Cl)nn2)o1. The van der Waals surface area contributed by atoms with Crippen molar-refractivity contribution in [3.05, 3.63) is 88.5 Å². The zero-order valence-electron chi connectivity index (χ0n) is 17.2. The Morgan fingerprint density at radius 3 is 2.74 bits per heavy atom. The first kappa shape index (κ1) is 22.3. The minimum absolute atomic E-state index is 0.0147. The number of hydrogen-bond donors (Lipinski definition) is 1. The number of benzene rings is 2. The number of aromatic nitrogens is 6. The molecule has 3 heterocycles. The summed E-state index contributed by atoms with van der Waals surface area (Å²) in [5, 5.41) is 20.6. The highest BCUT2D eigenvalue weighted by atomic mass is 35.5. The summed E-state index contributed by atoms with van der Waals surface area (Å²) in [5.41, 5.74) is 2.11. The van der Waals surface area contributed by atoms with Crippen LogP contribution in [0.25, 0.3) is 17.1 Å². The highest BCUT2D eigenvalue weighted by molar-refractivity contribution is 7.98. The number of anilines is 2. The smallest absolute Gasteiger partial charge is 0.277 e. The predicted octanol–water partition coefficient (Wildman–Crippen LogP) is 6.19. The summed E-state index contributed by atoms with van der Waals surface area (Å²) >= 11 is 13.5. The lowest BCUT2D eigenvalue weighted by atomic mass is 10.2. The van der Waals surface area contributed by atoms with Gasteiger partial charge in [0.2, 0.25) is 0 Å². The van der Waals surface area contributed by atoms with E-state index in [9.17, 15) is 4.39 Å². The van der Waals surface area contributed by atoms with Gasteiger partial charge in [-0.2, -0.15) is 0 Å². The fourth-order valence-electron chi connectivity index (χ4n) is 3.04. The van der Waals surface area contributed by atoms with Gasteiger partial charge in [0.15, 0.2) is 0 Å². The molecular weight excluding hydrogens is 500 g/mol. The molecular formula is C22H14Cl2FN7OS. The van der Waals surface area contributed by atoms with E-state index in [1.54, 1.807) is 24.4 Å². The van der Waals surface area contributed by atoms with E-state index in [4.69, 9.17) is 27.6 Å². The van der Waals surface area contributed by atoms with Crippen LogP contribution in [0.3, 0.4) is 0 Å². The van der Waals surface area contributed by atoms with Crippen molar-refractivity contribution < 1.29 is 8.81 Å². The fourth-order valence-corrected chi connectivity index (χ4v) is 4.05. The highest BCUT2D eigenvalue weighted by Crippen LogP contribution is 2.32. The van der Waals surface area contributed by atoms with E-state index in [1.807, 2.05) is 30.3 Å². The molecule has 0 unspecified atom stereocenters. The third-order valence-corrected chi connectivity index (χ3v) is 6.00. The van der Waals surface area contributed by atoms with Crippen LogP contribution in [0, 0.1) is 5.82 Å². The van der Waals surface area contributed by atoms with Crippen LogP contribution in [-0.4, -0.2) is 30.2 Å². The lowest BCUT2D eigenvalue weighted by molar-refractivity contribution is 0.462. The summed E-state index contributed by atoms with van der Waals surface area (Å²) in [5.74, 6) is 0.147. The minimum Gasteiger partial charge on any atom is -0.411 e. The molecule has 0 atom stereocenters. The van der Waals surface area contributed by atoms with E-state index in [-0.39, 0.29) is 22.5 Å². The molecule has 8 nitrogen and oxygen atoms in total. The lowest BCUT2D eigenvalue weighted by Crippen LogP contribution is -1.98. The van der Waals surface area contributed by atoms with Crippen LogP contribution in [0.15, 0.2) is 76.6 Å². The van der Waals surface area contributed by atoms with Crippen LogP contribution < -0.4 is 5.32 Å². The summed E-state index contributed by atoms with van der Waals surface area (Å²) < 4.78 is 21.9. The number of para-hydroxylation sites is 1. The zero-order chi connectivity index (χ0) is 23.5. The molecule has 170 valence electrons. The van der Waals surface area contributed by atoms with Crippen molar-refractivity contribution in [1.29, 1.82) is 0 Å². The standard InChI is InChI=1S/C22H14Cl2FN7OS/c23-13-6-7-16(24)18(10-13)32-11-15(28-31-32)12-34-22-30-29-21(33-22)19-17(25)8-9-26-20(19)27-14-4-2-1-3-5-14/h1-11H,12H2,(H,26,27). The van der Waals surface area contributed by atoms with E-state index in [2.05, 4.69) is 30.8 Å². The quantitative estimate of drug-likeness (QED) is 0.257. The molecule has 0 saturated carbocycles. The second kappa shape index (κ2) is 9.80. The maximum absolute atomic E-state index is 14.7. The summed E-state index contributed by atoms with van der Waals surface area (Å²) in [7, 11) is 0. The zero-order valence-corrected chi connectivity index (χ0v) is 19.5. The van der Waals surface area contributed by atoms with E-state index in [0.717, 1.165) is 5.69 Å². The van der Waals surface area contributed by atoms with Gasteiger partial charge in [0, 0.05) is 22.7 Å². The average molecular weight is 514 g/mol. The van der Waals surface area contributed by atoms with Crippen molar-refractivity contribution in [2.24, 2.45) is 0 Å². The molecule has 0 amide bonds. The molecule has 12 heteroatoms. The maximum atomic E-state index is 14.7. The molecule has 34 heavy (non-hydrogen) atoms. The van der Waals surface area contributed by atoms with Gasteiger partial charge < -0.3 is 9.73 Å². The number of nitrogens with one attached hydrogen (secondary N) is 1. The van der Waals surface area contributed by atoms with E-state index >= 15 is 0 Å². The largest absolute Gasteiger partial charge is 0.411 e. The van der Waals surface area contributed by atoms with Crippen LogP contribution in [0.5, 0.6) is 0 Å². The Morgan fingerprint density at radius 1 is 1.03 bits per heavy atom. The molecule has 0 saturated heterocycles. The second-order valence-electron chi connectivity index (χ2n) is 6.92. The maximum Gasteiger partial charge on any atom is 0.277 e. The van der Waals surface area contributed by atoms with Gasteiger partial charge in [0.1, 0.15) is 17.2 Å². The van der Waals surface area contributed by atoms with Gasteiger partial charge in [-0.15, -0.1) is 15.3 Å². The molecule has 0 bridgehead atoms. The molecule has 0 spiro atoms. The molecule has 0 radical (unpaired) electrons. The Labute approximate surface area is 207 Å². The predicted molar refractivity (Wildman–Crippen MR) is 128 cm³/mol. The molecule has 0 fully saturated rings. The average Bonchev–Trinajstić information content (AvgIpc) is 3.50. The van der Waals surface area contributed by atoms with Crippen molar-refractivity contribution in [2.45, 2.75) is 11.0 Å². The number of pyridine rings is 1. The molecule has 3 aromatic heterocycles. The van der Waals surface area contributed by atoms with Crippen molar-refractivity contribution >= 4 is 46.5 Å². The first-order chi connectivity index (χ1) is 16.6. The first-order valence-corrected chi connectivity index (χ1v) is 11.6. The second-order valence-corrected chi connectivity index (χ2v) is 8.69. The Balaban J connectivity index is 1.32. The summed E-state index contributed by atoms with van der Waals surface area (Å²) in [6.07, 6.45) is 3.09. The Morgan fingerprint density at radius 2 is 1.88 bits per heavy atom. The van der Waals surface area contributed by atoms with E-state index in [1.165, 1.54) is 28.7 Å². The third-order valence-electron chi connectivity index (χ3n) is 4.60. The van der Waals surface area contributed by atoms with Gasteiger partial charge in [-0.25, -0.2) is 14.1 Å². The highest BCUT2D eigenvalue weighted by Gasteiger charge is 2.20. The molecule has 0 aliphatic heterocycles. The van der Waals surface area contributed by atoms with Gasteiger partial charge in [0.05, 0.1) is 22.6 Å². The van der Waals surface area contributed by atoms with Crippen LogP contribution in [0.1, 0.15) is 5.69 Å². The number of thioether (sulfide) groups is 1. The van der Waals surface area contributed by atoms with Gasteiger partial charge in [0.25, 0.3) is 11.1 Å². The molecule has 1 N–H and O–H groups in total. The van der Waals surface area contributed by atoms with E-state index < -0.39 is 5.82 Å².